The van der Waals surface area contributed by atoms with E-state index in [1.807, 2.05) is 0 Å². The van der Waals surface area contributed by atoms with Crippen LogP contribution in [0.2, 0.25) is 0 Å². The smallest absolute Gasteiger partial charge is 0.422 e. The highest BCUT2D eigenvalue weighted by molar-refractivity contribution is 14.0. The molecule has 0 heterocycles. The summed E-state index contributed by atoms with van der Waals surface area (Å²) in [5, 5.41) is 16.7. The molecule has 2 rings (SSSR count). The summed E-state index contributed by atoms with van der Waals surface area (Å²) in [6, 6.07) is 11.1. The lowest BCUT2D eigenvalue weighted by Crippen LogP contribution is -2.36. The molecule has 0 aliphatic rings. The Balaban J connectivity index is 0.00000450. The molecule has 0 spiro atoms. The van der Waals surface area contributed by atoms with Crippen LogP contribution in [-0.4, -0.2) is 30.7 Å². The Morgan fingerprint density at radius 2 is 1.77 bits per heavy atom. The van der Waals surface area contributed by atoms with Gasteiger partial charge in [0.05, 0.1) is 4.92 Å². The molecule has 0 saturated carbocycles. The van der Waals surface area contributed by atoms with Gasteiger partial charge in [-0.1, -0.05) is 24.3 Å². The number of non-ortho nitro benzene ring substituents is 1. The Hall–Kier alpha value is -2.57. The third kappa shape index (κ3) is 8.43. The zero-order valence-electron chi connectivity index (χ0n) is 16.3. The molecule has 2 N–H and O–H groups in total. The summed E-state index contributed by atoms with van der Waals surface area (Å²) in [5.41, 5.74) is 2.15. The molecule has 0 atom stereocenters. The molecule has 0 aromatic heterocycles. The van der Waals surface area contributed by atoms with Gasteiger partial charge < -0.3 is 15.4 Å². The van der Waals surface area contributed by atoms with Crippen LogP contribution in [0, 0.1) is 17.0 Å². The maximum atomic E-state index is 12.5. The van der Waals surface area contributed by atoms with Crippen LogP contribution in [0.25, 0.3) is 0 Å². The normalized spacial score (nSPS) is 11.4. The average Bonchev–Trinajstić information content (AvgIpc) is 2.67. The maximum Gasteiger partial charge on any atom is 0.422 e. The van der Waals surface area contributed by atoms with E-state index < -0.39 is 17.7 Å². The van der Waals surface area contributed by atoms with Gasteiger partial charge in [0.1, 0.15) is 5.75 Å². The van der Waals surface area contributed by atoms with E-state index in [0.29, 0.717) is 18.1 Å². The van der Waals surface area contributed by atoms with Crippen LogP contribution in [0.15, 0.2) is 47.5 Å². The summed E-state index contributed by atoms with van der Waals surface area (Å²) in [6.45, 7) is 0.968. The van der Waals surface area contributed by atoms with Crippen LogP contribution in [0.1, 0.15) is 16.7 Å². The fraction of sp³-hybridized carbons (Fsp3) is 0.316. The number of nitrogens with zero attached hydrogens (tertiary/aromatic N) is 2. The van der Waals surface area contributed by atoms with Crippen molar-refractivity contribution in [3.05, 3.63) is 69.3 Å². The van der Waals surface area contributed by atoms with Crippen molar-refractivity contribution in [2.24, 2.45) is 4.99 Å². The number of nitro groups is 1. The number of benzene rings is 2. The number of halogens is 4. The molecule has 11 heteroatoms. The molecular formula is C19H22F3IN4O3. The first-order chi connectivity index (χ1) is 13.7. The molecule has 0 amide bonds. The first-order valence-corrected chi connectivity index (χ1v) is 8.65. The highest BCUT2D eigenvalue weighted by Crippen LogP contribution is 2.23. The second-order valence-electron chi connectivity index (χ2n) is 6.22. The van der Waals surface area contributed by atoms with Crippen LogP contribution in [0.3, 0.4) is 0 Å². The quantitative estimate of drug-likeness (QED) is 0.180. The van der Waals surface area contributed by atoms with E-state index in [9.17, 15) is 23.3 Å². The Labute approximate surface area is 188 Å². The van der Waals surface area contributed by atoms with Crippen LogP contribution >= 0.6 is 24.0 Å². The fourth-order valence-corrected chi connectivity index (χ4v) is 2.42. The van der Waals surface area contributed by atoms with E-state index in [2.05, 4.69) is 15.6 Å². The lowest BCUT2D eigenvalue weighted by atomic mass is 10.1. The van der Waals surface area contributed by atoms with Gasteiger partial charge in [-0.2, -0.15) is 13.2 Å². The molecule has 7 nitrogen and oxygen atoms in total. The summed E-state index contributed by atoms with van der Waals surface area (Å²) >= 11 is 0. The summed E-state index contributed by atoms with van der Waals surface area (Å²) in [5.74, 6) is 0.575. The molecule has 0 bridgehead atoms. The van der Waals surface area contributed by atoms with Crippen LogP contribution in [0.5, 0.6) is 5.75 Å². The molecule has 0 radical (unpaired) electrons. The van der Waals surface area contributed by atoms with E-state index in [1.54, 1.807) is 44.3 Å². The number of alkyl halides is 3. The number of aliphatic imine (C=N–C) groups is 1. The standard InChI is InChI=1S/C19H21F3N4O3.HI/c1-13-3-6-15(17(9-13)29-12-19(20,21)22)11-25-18(23-2)24-10-14-4-7-16(8-5-14)26(27)28;/h3-9H,10-12H2,1-2H3,(H2,23,24,25);1H. The summed E-state index contributed by atoms with van der Waals surface area (Å²) in [4.78, 5) is 14.3. The minimum Gasteiger partial charge on any atom is -0.484 e. The van der Waals surface area contributed by atoms with Gasteiger partial charge in [-0.25, -0.2) is 0 Å². The van der Waals surface area contributed by atoms with Crippen LogP contribution < -0.4 is 15.4 Å². The number of guanidine groups is 1. The average molecular weight is 538 g/mol. The van der Waals surface area contributed by atoms with Gasteiger partial charge in [0.2, 0.25) is 0 Å². The Morgan fingerprint density at radius 3 is 2.33 bits per heavy atom. The van der Waals surface area contributed by atoms with Crippen molar-refractivity contribution in [2.75, 3.05) is 13.7 Å². The third-order valence-electron chi connectivity index (χ3n) is 3.89. The zero-order chi connectivity index (χ0) is 21.4. The Morgan fingerprint density at radius 1 is 1.13 bits per heavy atom. The predicted octanol–water partition coefficient (Wildman–Crippen LogP) is 4.33. The number of nitro benzene ring substituents is 1. The lowest BCUT2D eigenvalue weighted by Gasteiger charge is -2.16. The summed E-state index contributed by atoms with van der Waals surface area (Å²) in [7, 11) is 1.56. The molecule has 0 saturated heterocycles. The molecule has 0 aliphatic heterocycles. The van der Waals surface area contributed by atoms with Crippen molar-refractivity contribution in [3.8, 4) is 5.75 Å². The number of hydrogen-bond acceptors (Lipinski definition) is 4. The first-order valence-electron chi connectivity index (χ1n) is 8.65. The summed E-state index contributed by atoms with van der Waals surface area (Å²) < 4.78 is 42.3. The molecule has 0 unspecified atom stereocenters. The van der Waals surface area contributed by atoms with Gasteiger partial charge in [0.25, 0.3) is 5.69 Å². The minimum atomic E-state index is -4.42. The van der Waals surface area contributed by atoms with Crippen molar-refractivity contribution < 1.29 is 22.8 Å². The van der Waals surface area contributed by atoms with Crippen molar-refractivity contribution >= 4 is 35.6 Å². The van der Waals surface area contributed by atoms with Gasteiger partial charge >= 0.3 is 6.18 Å². The van der Waals surface area contributed by atoms with Gasteiger partial charge in [0, 0.05) is 37.8 Å². The highest BCUT2D eigenvalue weighted by Gasteiger charge is 2.28. The highest BCUT2D eigenvalue weighted by atomic mass is 127. The number of aryl methyl sites for hydroxylation is 1. The van der Waals surface area contributed by atoms with Crippen molar-refractivity contribution in [1.82, 2.24) is 10.6 Å². The molecule has 2 aromatic carbocycles. The van der Waals surface area contributed by atoms with E-state index in [-0.39, 0.29) is 42.0 Å². The Bertz CT molecular complexity index is 874. The Kier molecular flexibility index (Phi) is 9.82. The molecule has 2 aromatic rings. The third-order valence-corrected chi connectivity index (χ3v) is 3.89. The van der Waals surface area contributed by atoms with Gasteiger partial charge in [0.15, 0.2) is 12.6 Å². The summed E-state index contributed by atoms with van der Waals surface area (Å²) in [6.07, 6.45) is -4.42. The van der Waals surface area contributed by atoms with Crippen LogP contribution in [-0.2, 0) is 13.1 Å². The second kappa shape index (κ2) is 11.6. The van der Waals surface area contributed by atoms with E-state index >= 15 is 0 Å². The van der Waals surface area contributed by atoms with Gasteiger partial charge in [-0.05, 0) is 24.1 Å². The minimum absolute atomic E-state index is 0. The topological polar surface area (TPSA) is 88.8 Å². The number of nitrogens with one attached hydrogen (secondary N) is 2. The molecular weight excluding hydrogens is 516 g/mol. The van der Waals surface area contributed by atoms with Crippen molar-refractivity contribution in [3.63, 3.8) is 0 Å². The van der Waals surface area contributed by atoms with Crippen molar-refractivity contribution in [1.29, 1.82) is 0 Å². The van der Waals surface area contributed by atoms with Gasteiger partial charge in [-0.15, -0.1) is 24.0 Å². The fourth-order valence-electron chi connectivity index (χ4n) is 2.42. The maximum absolute atomic E-state index is 12.5. The second-order valence-corrected chi connectivity index (χ2v) is 6.22. The molecule has 0 aliphatic carbocycles. The van der Waals surface area contributed by atoms with E-state index in [1.165, 1.54) is 12.1 Å². The predicted molar refractivity (Wildman–Crippen MR) is 118 cm³/mol. The largest absolute Gasteiger partial charge is 0.484 e. The monoisotopic (exact) mass is 538 g/mol. The van der Waals surface area contributed by atoms with Crippen molar-refractivity contribution in [2.45, 2.75) is 26.2 Å². The van der Waals surface area contributed by atoms with E-state index in [0.717, 1.165) is 11.1 Å². The molecule has 0 fully saturated rings. The molecule has 164 valence electrons. The van der Waals surface area contributed by atoms with E-state index in [4.69, 9.17) is 4.74 Å². The molecule has 30 heavy (non-hydrogen) atoms. The zero-order valence-corrected chi connectivity index (χ0v) is 18.7. The first kappa shape index (κ1) is 25.5. The number of hydrogen-bond donors (Lipinski definition) is 2. The lowest BCUT2D eigenvalue weighted by molar-refractivity contribution is -0.384. The van der Waals surface area contributed by atoms with Gasteiger partial charge in [-0.3, -0.25) is 15.1 Å². The number of rotatable bonds is 7. The van der Waals surface area contributed by atoms with Crippen LogP contribution in [0.4, 0.5) is 18.9 Å². The number of ether oxygens (including phenoxy) is 1. The SMILES string of the molecule is CN=C(NCc1ccc([N+](=O)[O-])cc1)NCc1ccc(C)cc1OCC(F)(F)F.I.